The molecule has 1 aromatic heterocycles. The van der Waals surface area contributed by atoms with Crippen LogP contribution in [-0.2, 0) is 6.54 Å². The number of benzene rings is 1. The van der Waals surface area contributed by atoms with Gasteiger partial charge in [-0.15, -0.1) is 6.58 Å². The van der Waals surface area contributed by atoms with Crippen LogP contribution in [0.25, 0.3) is 11.3 Å². The average Bonchev–Trinajstić information content (AvgIpc) is 2.69. The molecule has 0 amide bonds. The number of nitrogens with zero attached hydrogens (tertiary/aromatic N) is 2. The van der Waals surface area contributed by atoms with Gasteiger partial charge in [0.25, 0.3) is 0 Å². The monoisotopic (exact) mass is 255 g/mol. The summed E-state index contributed by atoms with van der Waals surface area (Å²) in [5.74, 6) is 2.06. The molecule has 0 bridgehead atoms. The van der Waals surface area contributed by atoms with Gasteiger partial charge < -0.3 is 10.3 Å². The minimum atomic E-state index is 0.335. The maximum atomic E-state index is 6.25. The lowest BCUT2D eigenvalue weighted by Crippen LogP contribution is -2.07. The highest BCUT2D eigenvalue weighted by atomic mass is 15.1. The van der Waals surface area contributed by atoms with E-state index in [9.17, 15) is 0 Å². The highest BCUT2D eigenvalue weighted by Gasteiger charge is 2.17. The number of nitrogens with two attached hydrogens (primary N) is 1. The van der Waals surface area contributed by atoms with E-state index in [1.807, 2.05) is 10.6 Å². The highest BCUT2D eigenvalue weighted by molar-refractivity contribution is 5.71. The third-order valence-corrected chi connectivity index (χ3v) is 3.19. The van der Waals surface area contributed by atoms with E-state index in [1.165, 1.54) is 5.56 Å². The molecule has 2 N–H and O–H groups in total. The number of hydrogen-bond donors (Lipinski definition) is 1. The molecule has 0 aliphatic heterocycles. The number of allylic oxidation sites excluding steroid dienone is 1. The lowest BCUT2D eigenvalue weighted by atomic mass is 10.1. The summed E-state index contributed by atoms with van der Waals surface area (Å²) in [5, 5.41) is 0. The Labute approximate surface area is 114 Å². The molecule has 2 aromatic rings. The van der Waals surface area contributed by atoms with E-state index >= 15 is 0 Å². The Balaban J connectivity index is 2.55. The summed E-state index contributed by atoms with van der Waals surface area (Å²) in [6.45, 7) is 10.8. The van der Waals surface area contributed by atoms with Gasteiger partial charge >= 0.3 is 0 Å². The van der Waals surface area contributed by atoms with Gasteiger partial charge in [-0.1, -0.05) is 49.8 Å². The topological polar surface area (TPSA) is 43.8 Å². The lowest BCUT2D eigenvalue weighted by molar-refractivity contribution is 0.684. The molecule has 0 aliphatic carbocycles. The maximum absolute atomic E-state index is 6.25. The summed E-state index contributed by atoms with van der Waals surface area (Å²) in [5.41, 5.74) is 9.41. The lowest BCUT2D eigenvalue weighted by Gasteiger charge is -2.09. The van der Waals surface area contributed by atoms with Crippen LogP contribution >= 0.6 is 0 Å². The Morgan fingerprint density at radius 3 is 2.47 bits per heavy atom. The van der Waals surface area contributed by atoms with Crippen molar-refractivity contribution >= 4 is 5.82 Å². The largest absolute Gasteiger partial charge is 0.383 e. The summed E-state index contributed by atoms with van der Waals surface area (Å²) >= 11 is 0. The maximum Gasteiger partial charge on any atom is 0.132 e. The molecule has 2 rings (SSSR count). The number of imidazole rings is 1. The zero-order valence-electron chi connectivity index (χ0n) is 11.9. The molecule has 1 heterocycles. The first kappa shape index (κ1) is 13.4. The predicted molar refractivity (Wildman–Crippen MR) is 81.1 cm³/mol. The third-order valence-electron chi connectivity index (χ3n) is 3.19. The molecule has 0 saturated heterocycles. The van der Waals surface area contributed by atoms with Gasteiger partial charge in [0, 0.05) is 18.0 Å². The second kappa shape index (κ2) is 5.31. The smallest absolute Gasteiger partial charge is 0.132 e. The van der Waals surface area contributed by atoms with Gasteiger partial charge in [0.15, 0.2) is 0 Å². The van der Waals surface area contributed by atoms with Crippen LogP contribution in [0.3, 0.4) is 0 Å². The SMILES string of the molecule is C=CCn1c(C(C)C)nc(-c2ccc(C)cc2)c1N. The van der Waals surface area contributed by atoms with Crippen LogP contribution in [0.15, 0.2) is 36.9 Å². The second-order valence-electron chi connectivity index (χ2n) is 5.12. The fraction of sp³-hybridized carbons (Fsp3) is 0.312. The van der Waals surface area contributed by atoms with Crippen molar-refractivity contribution in [1.82, 2.24) is 9.55 Å². The molecule has 0 fully saturated rings. The fourth-order valence-corrected chi connectivity index (χ4v) is 2.17. The average molecular weight is 255 g/mol. The molecule has 1 aromatic carbocycles. The molecule has 0 atom stereocenters. The number of hydrogen-bond acceptors (Lipinski definition) is 2. The first-order chi connectivity index (χ1) is 9.04. The van der Waals surface area contributed by atoms with Crippen molar-refractivity contribution in [3.8, 4) is 11.3 Å². The van der Waals surface area contributed by atoms with Crippen molar-refractivity contribution in [1.29, 1.82) is 0 Å². The minimum Gasteiger partial charge on any atom is -0.383 e. The summed E-state index contributed by atoms with van der Waals surface area (Å²) in [6.07, 6.45) is 1.85. The number of anilines is 1. The van der Waals surface area contributed by atoms with Crippen molar-refractivity contribution in [3.05, 3.63) is 48.3 Å². The molecular formula is C16H21N3. The van der Waals surface area contributed by atoms with Crippen LogP contribution in [0, 0.1) is 6.92 Å². The number of aryl methyl sites for hydroxylation is 1. The van der Waals surface area contributed by atoms with E-state index in [0.29, 0.717) is 18.3 Å². The van der Waals surface area contributed by atoms with Crippen molar-refractivity contribution in [2.45, 2.75) is 33.2 Å². The standard InChI is InChI=1S/C16H21N3/c1-5-10-19-15(17)14(18-16(19)11(2)3)13-8-6-12(4)7-9-13/h5-9,11H,1,10,17H2,2-4H3. The van der Waals surface area contributed by atoms with E-state index in [4.69, 9.17) is 10.7 Å². The van der Waals surface area contributed by atoms with Gasteiger partial charge in [-0.2, -0.15) is 0 Å². The van der Waals surface area contributed by atoms with E-state index in [-0.39, 0.29) is 0 Å². The van der Waals surface area contributed by atoms with Gasteiger partial charge in [-0.05, 0) is 6.92 Å². The Morgan fingerprint density at radius 1 is 1.32 bits per heavy atom. The van der Waals surface area contributed by atoms with Gasteiger partial charge in [0.05, 0.1) is 0 Å². The Hall–Kier alpha value is -2.03. The molecule has 3 heteroatoms. The van der Waals surface area contributed by atoms with Crippen LogP contribution in [0.4, 0.5) is 5.82 Å². The fourth-order valence-electron chi connectivity index (χ4n) is 2.17. The molecule has 0 saturated carbocycles. The Bertz CT molecular complexity index is 577. The Kier molecular flexibility index (Phi) is 3.74. The second-order valence-corrected chi connectivity index (χ2v) is 5.12. The van der Waals surface area contributed by atoms with Gasteiger partial charge in [-0.3, -0.25) is 0 Å². The van der Waals surface area contributed by atoms with E-state index in [2.05, 4.69) is 51.6 Å². The first-order valence-corrected chi connectivity index (χ1v) is 6.58. The van der Waals surface area contributed by atoms with Crippen molar-refractivity contribution in [2.75, 3.05) is 5.73 Å². The molecule has 100 valence electrons. The number of nitrogen functional groups attached to an aromatic ring is 1. The summed E-state index contributed by atoms with van der Waals surface area (Å²) in [4.78, 5) is 4.72. The van der Waals surface area contributed by atoms with Crippen molar-refractivity contribution < 1.29 is 0 Å². The van der Waals surface area contributed by atoms with Crippen LogP contribution in [0.2, 0.25) is 0 Å². The number of rotatable bonds is 4. The molecule has 0 aliphatic rings. The van der Waals surface area contributed by atoms with E-state index in [0.717, 1.165) is 17.1 Å². The quantitative estimate of drug-likeness (QED) is 0.845. The Morgan fingerprint density at radius 2 is 1.95 bits per heavy atom. The molecule has 0 unspecified atom stereocenters. The first-order valence-electron chi connectivity index (χ1n) is 6.58. The van der Waals surface area contributed by atoms with E-state index < -0.39 is 0 Å². The van der Waals surface area contributed by atoms with E-state index in [1.54, 1.807) is 0 Å². The van der Waals surface area contributed by atoms with Gasteiger partial charge in [0.1, 0.15) is 17.3 Å². The highest BCUT2D eigenvalue weighted by Crippen LogP contribution is 2.29. The molecule has 3 nitrogen and oxygen atoms in total. The summed E-state index contributed by atoms with van der Waals surface area (Å²) in [6, 6.07) is 8.29. The van der Waals surface area contributed by atoms with Crippen LogP contribution < -0.4 is 5.73 Å². The van der Waals surface area contributed by atoms with Crippen molar-refractivity contribution in [3.63, 3.8) is 0 Å². The summed E-state index contributed by atoms with van der Waals surface area (Å²) in [7, 11) is 0. The van der Waals surface area contributed by atoms with Crippen LogP contribution in [-0.4, -0.2) is 9.55 Å². The van der Waals surface area contributed by atoms with Gasteiger partial charge in [0.2, 0.25) is 0 Å². The zero-order chi connectivity index (χ0) is 14.0. The molecule has 0 radical (unpaired) electrons. The predicted octanol–water partition coefficient (Wildman–Crippen LogP) is 3.75. The third kappa shape index (κ3) is 2.55. The molecular weight excluding hydrogens is 234 g/mol. The minimum absolute atomic E-state index is 0.335. The van der Waals surface area contributed by atoms with Crippen LogP contribution in [0.1, 0.15) is 31.2 Å². The molecule has 0 spiro atoms. The molecule has 19 heavy (non-hydrogen) atoms. The summed E-state index contributed by atoms with van der Waals surface area (Å²) < 4.78 is 2.03. The normalized spacial score (nSPS) is 10.9. The number of aromatic nitrogens is 2. The van der Waals surface area contributed by atoms with Gasteiger partial charge in [-0.25, -0.2) is 4.98 Å². The van der Waals surface area contributed by atoms with Crippen LogP contribution in [0.5, 0.6) is 0 Å². The van der Waals surface area contributed by atoms with Crippen molar-refractivity contribution in [2.24, 2.45) is 0 Å². The zero-order valence-corrected chi connectivity index (χ0v) is 11.9.